The van der Waals surface area contributed by atoms with Gasteiger partial charge in [-0.2, -0.15) is 0 Å². The van der Waals surface area contributed by atoms with Gasteiger partial charge in [0.05, 0.1) is 5.56 Å². The fraction of sp³-hybridized carbons (Fsp3) is 0. The fourth-order valence-electron chi connectivity index (χ4n) is 1.02. The maximum atomic E-state index is 10.7. The number of carboxylic acid groups (broad SMARTS) is 1. The van der Waals surface area contributed by atoms with E-state index < -0.39 is 5.97 Å². The molecule has 0 saturated heterocycles. The minimum Gasteiger partial charge on any atom is -0.478 e. The number of nitrogens with two attached hydrogens (primary N) is 3. The fourth-order valence-corrected chi connectivity index (χ4v) is 1.02. The molecule has 0 heterocycles. The highest BCUT2D eigenvalue weighted by Crippen LogP contribution is 2.13. The number of benzene rings is 1. The third-order valence-corrected chi connectivity index (χ3v) is 1.62. The van der Waals surface area contributed by atoms with E-state index in [-0.39, 0.29) is 17.5 Å². The zero-order valence-electron chi connectivity index (χ0n) is 8.34. The summed E-state index contributed by atoms with van der Waals surface area (Å²) in [6.07, 6.45) is 0. The number of hydrogen-bond donors (Lipinski definition) is 5. The molecule has 0 unspecified atom stereocenters. The number of nitrogens with zero attached hydrogens (tertiary/aromatic N) is 1. The molecule has 84 valence electrons. The second kappa shape index (κ2) is 4.78. The largest absolute Gasteiger partial charge is 0.478 e. The Morgan fingerprint density at radius 1 is 1.31 bits per heavy atom. The zero-order chi connectivity index (χ0) is 12.1. The maximum absolute atomic E-state index is 10.7. The summed E-state index contributed by atoms with van der Waals surface area (Å²) in [5.41, 5.74) is 16.3. The topological polar surface area (TPSA) is 142 Å². The average Bonchev–Trinajstić information content (AvgIpc) is 2.16. The second-order valence-corrected chi connectivity index (χ2v) is 2.93. The minimum atomic E-state index is -1.03. The summed E-state index contributed by atoms with van der Waals surface area (Å²) in [5, 5.41) is 8.75. The van der Waals surface area contributed by atoms with Crippen LogP contribution in [0, 0.1) is 0 Å². The summed E-state index contributed by atoms with van der Waals surface area (Å²) in [5.74, 6) is -1.13. The molecule has 0 fully saturated rings. The van der Waals surface area contributed by atoms with Crippen molar-refractivity contribution in [2.75, 3.05) is 0 Å². The van der Waals surface area contributed by atoms with E-state index in [2.05, 4.69) is 9.98 Å². The molecule has 0 aliphatic carbocycles. The zero-order valence-corrected chi connectivity index (χ0v) is 8.34. The Balaban J connectivity index is 3.02. The third kappa shape index (κ3) is 3.29. The van der Waals surface area contributed by atoms with Crippen LogP contribution in [-0.2, 0) is 0 Å². The number of hydrogen-bond acceptors (Lipinski definition) is 2. The average molecular weight is 222 g/mol. The molecule has 7 nitrogen and oxygen atoms in total. The van der Waals surface area contributed by atoms with Crippen molar-refractivity contribution in [2.45, 2.75) is 0 Å². The van der Waals surface area contributed by atoms with Gasteiger partial charge in [-0.25, -0.2) is 9.79 Å². The van der Waals surface area contributed by atoms with Crippen LogP contribution in [0.4, 0.5) is 5.69 Å². The SMILES string of the molecule is NC(=Nc1cccc(C(=O)O)c1)[NH+]=C(N)N. The Hall–Kier alpha value is -2.57. The van der Waals surface area contributed by atoms with Crippen molar-refractivity contribution in [3.63, 3.8) is 0 Å². The molecule has 0 radical (unpaired) electrons. The first-order chi connectivity index (χ1) is 7.49. The summed E-state index contributed by atoms with van der Waals surface area (Å²) in [6.45, 7) is 0. The first-order valence-electron chi connectivity index (χ1n) is 4.31. The lowest BCUT2D eigenvalue weighted by atomic mass is 10.2. The van der Waals surface area contributed by atoms with Crippen LogP contribution in [0.2, 0.25) is 0 Å². The number of guanidine groups is 2. The van der Waals surface area contributed by atoms with Crippen molar-refractivity contribution in [2.24, 2.45) is 22.2 Å². The predicted octanol–water partition coefficient (Wildman–Crippen LogP) is -2.31. The lowest BCUT2D eigenvalue weighted by Gasteiger charge is -1.95. The molecule has 0 bridgehead atoms. The molecule has 0 amide bonds. The normalized spacial score (nSPS) is 10.9. The lowest BCUT2D eigenvalue weighted by Crippen LogP contribution is -2.84. The third-order valence-electron chi connectivity index (χ3n) is 1.62. The molecule has 0 saturated carbocycles. The van der Waals surface area contributed by atoms with Crippen molar-refractivity contribution >= 4 is 23.6 Å². The van der Waals surface area contributed by atoms with Crippen molar-refractivity contribution in [1.29, 1.82) is 0 Å². The van der Waals surface area contributed by atoms with Crippen molar-refractivity contribution in [1.82, 2.24) is 0 Å². The van der Waals surface area contributed by atoms with E-state index in [1.807, 2.05) is 0 Å². The van der Waals surface area contributed by atoms with E-state index in [1.54, 1.807) is 12.1 Å². The van der Waals surface area contributed by atoms with Crippen molar-refractivity contribution in [3.05, 3.63) is 29.8 Å². The Morgan fingerprint density at radius 2 is 2.00 bits per heavy atom. The molecule has 16 heavy (non-hydrogen) atoms. The molecule has 0 atom stereocenters. The molecule has 1 aromatic rings. The summed E-state index contributed by atoms with van der Waals surface area (Å²) in [7, 11) is 0. The van der Waals surface area contributed by atoms with Crippen LogP contribution < -0.4 is 22.2 Å². The molecule has 1 rings (SSSR count). The molecule has 0 spiro atoms. The smallest absolute Gasteiger partial charge is 0.335 e. The van der Waals surface area contributed by atoms with Crippen molar-refractivity contribution < 1.29 is 14.9 Å². The Labute approximate surface area is 91.3 Å². The number of carboxylic acids is 1. The number of carbonyl (C=O) groups is 1. The quantitative estimate of drug-likeness (QED) is 0.282. The molecular formula is C9H12N5O2+. The number of aromatic carboxylic acids is 1. The van der Waals surface area contributed by atoms with E-state index in [0.717, 1.165) is 0 Å². The maximum Gasteiger partial charge on any atom is 0.335 e. The molecule has 1 aromatic carbocycles. The van der Waals surface area contributed by atoms with Gasteiger partial charge >= 0.3 is 11.9 Å². The van der Waals surface area contributed by atoms with Crippen LogP contribution in [0.25, 0.3) is 0 Å². The van der Waals surface area contributed by atoms with Gasteiger partial charge in [0.1, 0.15) is 5.69 Å². The highest BCUT2D eigenvalue weighted by atomic mass is 16.4. The van der Waals surface area contributed by atoms with E-state index in [9.17, 15) is 4.79 Å². The Morgan fingerprint density at radius 3 is 2.56 bits per heavy atom. The summed E-state index contributed by atoms with van der Waals surface area (Å²) < 4.78 is 0. The highest BCUT2D eigenvalue weighted by Gasteiger charge is 2.04. The van der Waals surface area contributed by atoms with Gasteiger partial charge in [0, 0.05) is 0 Å². The van der Waals surface area contributed by atoms with Crippen molar-refractivity contribution in [3.8, 4) is 0 Å². The molecule has 0 aliphatic rings. The standard InChI is InChI=1S/C9H11N5O2/c10-8(11)14-9(12)13-6-3-1-2-5(4-6)7(15)16/h1-4H,(H,15,16)(H6,10,11,12,13,14)/p+1. The number of rotatable bonds is 2. The molecule has 7 heteroatoms. The molecular weight excluding hydrogens is 210 g/mol. The van der Waals surface area contributed by atoms with Crippen LogP contribution in [0.1, 0.15) is 10.4 Å². The monoisotopic (exact) mass is 222 g/mol. The van der Waals surface area contributed by atoms with Gasteiger partial charge in [-0.3, -0.25) is 0 Å². The van der Waals surface area contributed by atoms with Gasteiger partial charge in [-0.1, -0.05) is 6.07 Å². The first-order valence-corrected chi connectivity index (χ1v) is 4.31. The van der Waals surface area contributed by atoms with Gasteiger partial charge in [-0.05, 0) is 18.2 Å². The summed E-state index contributed by atoms with van der Waals surface area (Å²) in [6, 6.07) is 6.00. The number of nitrogens with one attached hydrogen (secondary N) is 1. The van der Waals surface area contributed by atoms with Crippen LogP contribution in [0.5, 0.6) is 0 Å². The first kappa shape index (κ1) is 11.5. The van der Waals surface area contributed by atoms with E-state index in [1.165, 1.54) is 12.1 Å². The van der Waals surface area contributed by atoms with Crippen LogP contribution in [0.15, 0.2) is 29.3 Å². The van der Waals surface area contributed by atoms with Gasteiger partial charge < -0.3 is 22.3 Å². The van der Waals surface area contributed by atoms with Crippen LogP contribution in [-0.4, -0.2) is 23.0 Å². The lowest BCUT2D eigenvalue weighted by molar-refractivity contribution is -0.320. The number of aliphatic imine (C=N–C) groups is 1. The van der Waals surface area contributed by atoms with E-state index in [4.69, 9.17) is 22.3 Å². The van der Waals surface area contributed by atoms with E-state index in [0.29, 0.717) is 5.69 Å². The Kier molecular flexibility index (Phi) is 3.44. The molecule has 0 aromatic heterocycles. The van der Waals surface area contributed by atoms with E-state index >= 15 is 0 Å². The minimum absolute atomic E-state index is 0.0115. The summed E-state index contributed by atoms with van der Waals surface area (Å²) >= 11 is 0. The van der Waals surface area contributed by atoms with Gasteiger partial charge in [0.2, 0.25) is 0 Å². The predicted molar refractivity (Wildman–Crippen MR) is 59.0 cm³/mol. The Bertz CT molecular complexity index is 463. The highest BCUT2D eigenvalue weighted by molar-refractivity contribution is 5.89. The van der Waals surface area contributed by atoms with Gasteiger partial charge in [0.15, 0.2) is 0 Å². The van der Waals surface area contributed by atoms with Gasteiger partial charge in [0.25, 0.3) is 5.96 Å². The van der Waals surface area contributed by atoms with Crippen LogP contribution >= 0.6 is 0 Å². The van der Waals surface area contributed by atoms with Gasteiger partial charge in [-0.15, -0.1) is 4.99 Å². The molecule has 0 aliphatic heterocycles. The molecule has 8 N–H and O–H groups in total. The second-order valence-electron chi connectivity index (χ2n) is 2.93. The summed E-state index contributed by atoms with van der Waals surface area (Å²) in [4.78, 5) is 17.0. The van der Waals surface area contributed by atoms with Crippen LogP contribution in [0.3, 0.4) is 0 Å².